The summed E-state index contributed by atoms with van der Waals surface area (Å²) in [6.07, 6.45) is 0.966. The molecule has 0 saturated carbocycles. The number of hydrogen-bond acceptors (Lipinski definition) is 3. The topological polar surface area (TPSA) is 47.6 Å². The van der Waals surface area contributed by atoms with E-state index in [2.05, 4.69) is 5.32 Å². The second-order valence-corrected chi connectivity index (χ2v) is 6.08. The lowest BCUT2D eigenvalue weighted by Crippen LogP contribution is -2.13. The highest BCUT2D eigenvalue weighted by molar-refractivity contribution is 6.34. The van der Waals surface area contributed by atoms with Crippen molar-refractivity contribution in [3.05, 3.63) is 52.0 Å². The summed E-state index contributed by atoms with van der Waals surface area (Å²) < 4.78 is 10.5. The average Bonchev–Trinajstić information content (AvgIpc) is 2.55. The number of carbonyl (C=O) groups is 1. The molecule has 0 aromatic heterocycles. The third-order valence-corrected chi connectivity index (χ3v) is 4.08. The number of carbonyl (C=O) groups excluding carboxylic acids is 1. The first-order valence-electron chi connectivity index (χ1n) is 7.72. The van der Waals surface area contributed by atoms with E-state index in [-0.39, 0.29) is 5.91 Å². The van der Waals surface area contributed by atoms with Crippen molar-refractivity contribution < 1.29 is 14.3 Å². The lowest BCUT2D eigenvalue weighted by atomic mass is 10.1. The number of amides is 1. The number of aryl methyl sites for hydroxylation is 3. The highest BCUT2D eigenvalue weighted by atomic mass is 35.5. The first-order chi connectivity index (χ1) is 11.4. The van der Waals surface area contributed by atoms with Crippen LogP contribution in [0.4, 0.5) is 5.69 Å². The predicted molar refractivity (Wildman–Crippen MR) is 97.4 cm³/mol. The molecular formula is C19H22ClNO3. The van der Waals surface area contributed by atoms with Gasteiger partial charge < -0.3 is 14.8 Å². The van der Waals surface area contributed by atoms with E-state index in [0.29, 0.717) is 35.1 Å². The van der Waals surface area contributed by atoms with Gasteiger partial charge in [-0.15, -0.1) is 0 Å². The van der Waals surface area contributed by atoms with Gasteiger partial charge in [0.25, 0.3) is 0 Å². The van der Waals surface area contributed by atoms with E-state index in [1.165, 1.54) is 0 Å². The van der Waals surface area contributed by atoms with Gasteiger partial charge in [0.15, 0.2) is 11.5 Å². The van der Waals surface area contributed by atoms with Gasteiger partial charge in [-0.1, -0.05) is 23.7 Å². The fraction of sp³-hybridized carbons (Fsp3) is 0.316. The molecule has 0 bridgehead atoms. The quantitative estimate of drug-likeness (QED) is 0.834. The van der Waals surface area contributed by atoms with E-state index in [4.69, 9.17) is 21.1 Å². The fourth-order valence-electron chi connectivity index (χ4n) is 2.57. The second-order valence-electron chi connectivity index (χ2n) is 5.68. The SMILES string of the molecule is COc1ccc(CCC(=O)Nc2c(C)cc(C)cc2Cl)cc1OC. The zero-order chi connectivity index (χ0) is 17.7. The van der Waals surface area contributed by atoms with Crippen LogP contribution in [-0.4, -0.2) is 20.1 Å². The molecule has 24 heavy (non-hydrogen) atoms. The van der Waals surface area contributed by atoms with Crippen molar-refractivity contribution in [2.45, 2.75) is 26.7 Å². The van der Waals surface area contributed by atoms with Crippen LogP contribution in [0.1, 0.15) is 23.1 Å². The second kappa shape index (κ2) is 8.06. The minimum Gasteiger partial charge on any atom is -0.493 e. The Hall–Kier alpha value is -2.20. The lowest BCUT2D eigenvalue weighted by molar-refractivity contribution is -0.116. The molecule has 1 N–H and O–H groups in total. The summed E-state index contributed by atoms with van der Waals surface area (Å²) in [5, 5.41) is 3.46. The molecule has 0 saturated heterocycles. The molecular weight excluding hydrogens is 326 g/mol. The van der Waals surface area contributed by atoms with Gasteiger partial charge in [0.2, 0.25) is 5.91 Å². The molecule has 0 radical (unpaired) electrons. The molecule has 0 unspecified atom stereocenters. The molecule has 0 aliphatic rings. The summed E-state index contributed by atoms with van der Waals surface area (Å²) in [6.45, 7) is 3.91. The number of halogens is 1. The normalized spacial score (nSPS) is 10.4. The van der Waals surface area contributed by atoms with E-state index >= 15 is 0 Å². The predicted octanol–water partition coefficient (Wildman–Crippen LogP) is 4.55. The van der Waals surface area contributed by atoms with Crippen LogP contribution in [0.2, 0.25) is 5.02 Å². The van der Waals surface area contributed by atoms with Crippen LogP contribution in [-0.2, 0) is 11.2 Å². The van der Waals surface area contributed by atoms with Gasteiger partial charge in [-0.2, -0.15) is 0 Å². The Labute approximate surface area is 147 Å². The molecule has 4 nitrogen and oxygen atoms in total. The molecule has 128 valence electrons. The van der Waals surface area contributed by atoms with Crippen LogP contribution >= 0.6 is 11.6 Å². The van der Waals surface area contributed by atoms with Crippen molar-refractivity contribution in [1.82, 2.24) is 0 Å². The van der Waals surface area contributed by atoms with Gasteiger partial charge in [0.1, 0.15) is 0 Å². The van der Waals surface area contributed by atoms with Crippen molar-refractivity contribution in [1.29, 1.82) is 0 Å². The molecule has 2 rings (SSSR count). The van der Waals surface area contributed by atoms with Crippen LogP contribution in [0.25, 0.3) is 0 Å². The van der Waals surface area contributed by atoms with Gasteiger partial charge in [-0.3, -0.25) is 4.79 Å². The average molecular weight is 348 g/mol. The molecule has 0 aliphatic heterocycles. The molecule has 2 aromatic carbocycles. The van der Waals surface area contributed by atoms with E-state index in [0.717, 1.165) is 16.7 Å². The minimum atomic E-state index is -0.0707. The molecule has 0 atom stereocenters. The maximum atomic E-state index is 12.2. The van der Waals surface area contributed by atoms with Crippen LogP contribution in [0.3, 0.4) is 0 Å². The van der Waals surface area contributed by atoms with Crippen LogP contribution in [0.5, 0.6) is 11.5 Å². The van der Waals surface area contributed by atoms with Gasteiger partial charge in [-0.05, 0) is 55.2 Å². The lowest BCUT2D eigenvalue weighted by Gasteiger charge is -2.12. The molecule has 0 fully saturated rings. The summed E-state index contributed by atoms with van der Waals surface area (Å²) in [7, 11) is 3.19. The van der Waals surface area contributed by atoms with Crippen molar-refractivity contribution in [2.75, 3.05) is 19.5 Å². The number of nitrogens with one attached hydrogen (secondary N) is 1. The molecule has 2 aromatic rings. The first-order valence-corrected chi connectivity index (χ1v) is 8.10. The van der Waals surface area contributed by atoms with Crippen molar-refractivity contribution in [3.8, 4) is 11.5 Å². The monoisotopic (exact) mass is 347 g/mol. The Morgan fingerprint density at radius 1 is 1.08 bits per heavy atom. The smallest absolute Gasteiger partial charge is 0.224 e. The largest absolute Gasteiger partial charge is 0.493 e. The Balaban J connectivity index is 2.01. The Morgan fingerprint density at radius 2 is 1.79 bits per heavy atom. The van der Waals surface area contributed by atoms with E-state index in [1.807, 2.05) is 44.2 Å². The van der Waals surface area contributed by atoms with E-state index in [1.54, 1.807) is 14.2 Å². The maximum Gasteiger partial charge on any atom is 0.224 e. The van der Waals surface area contributed by atoms with Gasteiger partial charge >= 0.3 is 0 Å². The van der Waals surface area contributed by atoms with Crippen molar-refractivity contribution >= 4 is 23.2 Å². The molecule has 0 aliphatic carbocycles. The van der Waals surface area contributed by atoms with E-state index < -0.39 is 0 Å². The standard InChI is InChI=1S/C19H22ClNO3/c1-12-9-13(2)19(15(20)10-12)21-18(22)8-6-14-5-7-16(23-3)17(11-14)24-4/h5,7,9-11H,6,8H2,1-4H3,(H,21,22). The van der Waals surface area contributed by atoms with Crippen LogP contribution in [0.15, 0.2) is 30.3 Å². The Bertz CT molecular complexity index is 720. The molecule has 0 spiro atoms. The van der Waals surface area contributed by atoms with Crippen molar-refractivity contribution in [2.24, 2.45) is 0 Å². The Morgan fingerprint density at radius 3 is 2.42 bits per heavy atom. The van der Waals surface area contributed by atoms with Gasteiger partial charge in [0.05, 0.1) is 24.9 Å². The molecule has 5 heteroatoms. The zero-order valence-electron chi connectivity index (χ0n) is 14.4. The molecule has 1 amide bonds. The minimum absolute atomic E-state index is 0.0707. The van der Waals surface area contributed by atoms with Gasteiger partial charge in [0, 0.05) is 6.42 Å². The van der Waals surface area contributed by atoms with Gasteiger partial charge in [-0.25, -0.2) is 0 Å². The van der Waals surface area contributed by atoms with Crippen molar-refractivity contribution in [3.63, 3.8) is 0 Å². The number of ether oxygens (including phenoxy) is 2. The summed E-state index contributed by atoms with van der Waals surface area (Å²) in [4.78, 5) is 12.2. The third-order valence-electron chi connectivity index (χ3n) is 3.78. The highest BCUT2D eigenvalue weighted by Crippen LogP contribution is 2.29. The highest BCUT2D eigenvalue weighted by Gasteiger charge is 2.11. The Kier molecular flexibility index (Phi) is 6.10. The number of benzene rings is 2. The maximum absolute atomic E-state index is 12.2. The summed E-state index contributed by atoms with van der Waals surface area (Å²) in [5.41, 5.74) is 3.72. The van der Waals surface area contributed by atoms with Crippen LogP contribution in [0, 0.1) is 13.8 Å². The third kappa shape index (κ3) is 4.42. The number of hydrogen-bond donors (Lipinski definition) is 1. The molecule has 0 heterocycles. The first kappa shape index (κ1) is 18.1. The zero-order valence-corrected chi connectivity index (χ0v) is 15.2. The number of rotatable bonds is 6. The fourth-order valence-corrected chi connectivity index (χ4v) is 2.94. The van der Waals surface area contributed by atoms with Crippen LogP contribution < -0.4 is 14.8 Å². The number of anilines is 1. The number of methoxy groups -OCH3 is 2. The summed E-state index contributed by atoms with van der Waals surface area (Å²) in [5.74, 6) is 1.26. The summed E-state index contributed by atoms with van der Waals surface area (Å²) >= 11 is 6.22. The van der Waals surface area contributed by atoms with E-state index in [9.17, 15) is 4.79 Å². The summed E-state index contributed by atoms with van der Waals surface area (Å²) in [6, 6.07) is 9.50.